The molecule has 0 bridgehead atoms. The maximum Gasteiger partial charge on any atom is 0.227 e. The van der Waals surface area contributed by atoms with E-state index in [0.717, 1.165) is 45.0 Å². The van der Waals surface area contributed by atoms with E-state index < -0.39 is 0 Å². The van der Waals surface area contributed by atoms with Crippen LogP contribution in [0.4, 0.5) is 0 Å². The van der Waals surface area contributed by atoms with Gasteiger partial charge in [0.25, 0.3) is 0 Å². The molecule has 6 heteroatoms. The molecule has 0 saturated carbocycles. The van der Waals surface area contributed by atoms with E-state index in [-0.39, 0.29) is 11.3 Å². The van der Waals surface area contributed by atoms with E-state index in [9.17, 15) is 4.79 Å². The van der Waals surface area contributed by atoms with Gasteiger partial charge in [-0.2, -0.15) is 5.10 Å². The Morgan fingerprint density at radius 2 is 2.00 bits per heavy atom. The minimum atomic E-state index is -0.293. The first-order valence-electron chi connectivity index (χ1n) is 7.22. The molecule has 0 unspecified atom stereocenters. The van der Waals surface area contributed by atoms with Gasteiger partial charge in [-0.3, -0.25) is 14.4 Å². The maximum atomic E-state index is 12.3. The van der Waals surface area contributed by atoms with Crippen LogP contribution in [0.15, 0.2) is 6.33 Å². The van der Waals surface area contributed by atoms with Crippen LogP contribution in [-0.2, 0) is 18.4 Å². The molecular weight excluding hydrogens is 254 g/mol. The molecule has 0 spiro atoms. The highest BCUT2D eigenvalue weighted by molar-refractivity contribution is 5.81. The molecule has 6 nitrogen and oxygen atoms in total. The number of hydrogen-bond donors (Lipinski definition) is 0. The highest BCUT2D eigenvalue weighted by Gasteiger charge is 2.28. The minimum absolute atomic E-state index is 0.248. The van der Waals surface area contributed by atoms with Crippen molar-refractivity contribution in [1.82, 2.24) is 24.6 Å². The molecule has 112 valence electrons. The van der Waals surface area contributed by atoms with Crippen molar-refractivity contribution in [3.05, 3.63) is 12.2 Å². The normalized spacial score (nSPS) is 18.1. The first-order chi connectivity index (χ1) is 9.38. The highest BCUT2D eigenvalue weighted by Crippen LogP contribution is 2.19. The van der Waals surface area contributed by atoms with Gasteiger partial charge in [0.15, 0.2) is 0 Å². The summed E-state index contributed by atoms with van der Waals surface area (Å²) < 4.78 is 1.81. The van der Waals surface area contributed by atoms with E-state index in [2.05, 4.69) is 15.0 Å². The molecule has 2 heterocycles. The third kappa shape index (κ3) is 3.56. The van der Waals surface area contributed by atoms with Crippen LogP contribution in [-0.4, -0.2) is 56.7 Å². The molecule has 0 aliphatic carbocycles. The van der Waals surface area contributed by atoms with E-state index in [1.165, 1.54) is 0 Å². The summed E-state index contributed by atoms with van der Waals surface area (Å²) in [6.45, 7) is 10.3. The zero-order valence-corrected chi connectivity index (χ0v) is 13.0. The molecule has 0 N–H and O–H groups in total. The summed E-state index contributed by atoms with van der Waals surface area (Å²) in [6, 6.07) is 0. The minimum Gasteiger partial charge on any atom is -0.341 e. The van der Waals surface area contributed by atoms with Crippen LogP contribution in [0.5, 0.6) is 0 Å². The number of aryl methyl sites for hydroxylation is 1. The van der Waals surface area contributed by atoms with Crippen molar-refractivity contribution in [2.75, 3.05) is 26.2 Å². The predicted molar refractivity (Wildman–Crippen MR) is 76.9 cm³/mol. The van der Waals surface area contributed by atoms with Crippen LogP contribution in [0, 0.1) is 5.41 Å². The summed E-state index contributed by atoms with van der Waals surface area (Å²) in [6.07, 6.45) is 2.60. The molecule has 1 aliphatic rings. The molecule has 2 rings (SSSR count). The van der Waals surface area contributed by atoms with E-state index >= 15 is 0 Å². The molecule has 1 aliphatic heterocycles. The Morgan fingerprint density at radius 1 is 1.25 bits per heavy atom. The average Bonchev–Trinajstić information content (AvgIpc) is 2.63. The second-order valence-corrected chi connectivity index (χ2v) is 6.47. The monoisotopic (exact) mass is 279 g/mol. The molecule has 0 radical (unpaired) electrons. The third-order valence-corrected chi connectivity index (χ3v) is 3.69. The Labute approximate surface area is 120 Å². The van der Waals surface area contributed by atoms with Crippen molar-refractivity contribution in [3.63, 3.8) is 0 Å². The molecule has 1 saturated heterocycles. The van der Waals surface area contributed by atoms with E-state index in [0.29, 0.717) is 0 Å². The van der Waals surface area contributed by atoms with Crippen molar-refractivity contribution < 1.29 is 4.79 Å². The number of rotatable bonds is 2. The Hall–Kier alpha value is -1.43. The van der Waals surface area contributed by atoms with Gasteiger partial charge in [-0.15, -0.1) is 0 Å². The Balaban J connectivity index is 1.93. The van der Waals surface area contributed by atoms with Gasteiger partial charge in [-0.1, -0.05) is 20.8 Å². The fraction of sp³-hybridized carbons (Fsp3) is 0.786. The van der Waals surface area contributed by atoms with Crippen molar-refractivity contribution >= 4 is 5.91 Å². The van der Waals surface area contributed by atoms with Crippen LogP contribution in [0.25, 0.3) is 0 Å². The van der Waals surface area contributed by atoms with Gasteiger partial charge in [0.1, 0.15) is 12.2 Å². The molecule has 1 aromatic heterocycles. The second kappa shape index (κ2) is 5.91. The SMILES string of the molecule is Cn1ncnc1CN1CCCN(C(=O)C(C)(C)C)CC1. The molecule has 20 heavy (non-hydrogen) atoms. The zero-order valence-electron chi connectivity index (χ0n) is 13.0. The molecule has 0 aromatic carbocycles. The fourth-order valence-electron chi connectivity index (χ4n) is 2.47. The number of amides is 1. The van der Waals surface area contributed by atoms with Gasteiger partial charge >= 0.3 is 0 Å². The van der Waals surface area contributed by atoms with Crippen LogP contribution < -0.4 is 0 Å². The summed E-state index contributed by atoms with van der Waals surface area (Å²) >= 11 is 0. The van der Waals surface area contributed by atoms with Gasteiger partial charge < -0.3 is 4.90 Å². The number of aromatic nitrogens is 3. The highest BCUT2D eigenvalue weighted by atomic mass is 16.2. The van der Waals surface area contributed by atoms with E-state index in [1.807, 2.05) is 37.4 Å². The topological polar surface area (TPSA) is 54.3 Å². The number of carbonyl (C=O) groups is 1. The number of hydrogen-bond acceptors (Lipinski definition) is 4. The number of nitrogens with zero attached hydrogens (tertiary/aromatic N) is 5. The smallest absolute Gasteiger partial charge is 0.227 e. The molecular formula is C14H25N5O. The summed E-state index contributed by atoms with van der Waals surface area (Å²) in [5, 5.41) is 4.10. The lowest BCUT2D eigenvalue weighted by molar-refractivity contribution is -0.139. The summed E-state index contributed by atoms with van der Waals surface area (Å²) in [4.78, 5) is 20.9. The van der Waals surface area contributed by atoms with Crippen molar-refractivity contribution in [1.29, 1.82) is 0 Å². The van der Waals surface area contributed by atoms with Crippen molar-refractivity contribution in [2.24, 2.45) is 12.5 Å². The van der Waals surface area contributed by atoms with Crippen LogP contribution in [0.3, 0.4) is 0 Å². The Morgan fingerprint density at radius 3 is 2.60 bits per heavy atom. The first kappa shape index (κ1) is 15.0. The first-order valence-corrected chi connectivity index (χ1v) is 7.22. The maximum absolute atomic E-state index is 12.3. The summed E-state index contributed by atoms with van der Waals surface area (Å²) in [5.74, 6) is 1.22. The lowest BCUT2D eigenvalue weighted by Crippen LogP contribution is -2.41. The molecule has 0 atom stereocenters. The van der Waals surface area contributed by atoms with Crippen LogP contribution in [0.2, 0.25) is 0 Å². The van der Waals surface area contributed by atoms with Crippen LogP contribution in [0.1, 0.15) is 33.0 Å². The van der Waals surface area contributed by atoms with Gasteiger partial charge in [-0.25, -0.2) is 4.98 Å². The molecule has 1 amide bonds. The van der Waals surface area contributed by atoms with Gasteiger partial charge in [0, 0.05) is 38.6 Å². The summed E-state index contributed by atoms with van der Waals surface area (Å²) in [5.41, 5.74) is -0.293. The average molecular weight is 279 g/mol. The quantitative estimate of drug-likeness (QED) is 0.807. The third-order valence-electron chi connectivity index (χ3n) is 3.69. The summed E-state index contributed by atoms with van der Waals surface area (Å²) in [7, 11) is 1.91. The standard InChI is InChI=1S/C14H25N5O/c1-14(2,3)13(20)19-7-5-6-18(8-9-19)10-12-15-11-16-17(12)4/h11H,5-10H2,1-4H3. The second-order valence-electron chi connectivity index (χ2n) is 6.47. The lowest BCUT2D eigenvalue weighted by Gasteiger charge is -2.28. The van der Waals surface area contributed by atoms with Gasteiger partial charge in [0.2, 0.25) is 5.91 Å². The predicted octanol–water partition coefficient (Wildman–Crippen LogP) is 0.895. The van der Waals surface area contributed by atoms with E-state index in [1.54, 1.807) is 6.33 Å². The van der Waals surface area contributed by atoms with Crippen LogP contribution >= 0.6 is 0 Å². The Bertz CT molecular complexity index is 462. The van der Waals surface area contributed by atoms with Crippen molar-refractivity contribution in [3.8, 4) is 0 Å². The Kier molecular flexibility index (Phi) is 4.42. The van der Waals surface area contributed by atoms with E-state index in [4.69, 9.17) is 0 Å². The van der Waals surface area contributed by atoms with Gasteiger partial charge in [0.05, 0.1) is 6.54 Å². The van der Waals surface area contributed by atoms with Gasteiger partial charge in [-0.05, 0) is 6.42 Å². The fourth-order valence-corrected chi connectivity index (χ4v) is 2.47. The number of carbonyl (C=O) groups excluding carboxylic acids is 1. The zero-order chi connectivity index (χ0) is 14.8. The lowest BCUT2D eigenvalue weighted by atomic mass is 9.94. The molecule has 1 fully saturated rings. The largest absolute Gasteiger partial charge is 0.341 e. The van der Waals surface area contributed by atoms with Crippen molar-refractivity contribution in [2.45, 2.75) is 33.7 Å². The molecule has 1 aromatic rings.